The number of oxazole rings is 1. The van der Waals surface area contributed by atoms with Crippen LogP contribution in [0.5, 0.6) is 5.88 Å². The molecule has 0 spiro atoms. The predicted molar refractivity (Wildman–Crippen MR) is 143 cm³/mol. The zero-order valence-corrected chi connectivity index (χ0v) is 22.4. The van der Waals surface area contributed by atoms with Gasteiger partial charge in [0.25, 0.3) is 0 Å². The molecule has 0 bridgehead atoms. The van der Waals surface area contributed by atoms with Crippen LogP contribution in [0.4, 0.5) is 13.2 Å². The van der Waals surface area contributed by atoms with Gasteiger partial charge in [0.1, 0.15) is 23.2 Å². The van der Waals surface area contributed by atoms with Gasteiger partial charge in [-0.2, -0.15) is 13.2 Å². The van der Waals surface area contributed by atoms with E-state index in [2.05, 4.69) is 19.9 Å². The maximum absolute atomic E-state index is 13.8. The Bertz CT molecular complexity index is 1760. The molecule has 0 radical (unpaired) electrons. The van der Waals surface area contributed by atoms with Crippen molar-refractivity contribution in [1.29, 1.82) is 0 Å². The minimum atomic E-state index is -4.51. The lowest BCUT2D eigenvalue weighted by Gasteiger charge is -2.26. The number of aromatic nitrogens is 6. The molecule has 5 heterocycles. The summed E-state index contributed by atoms with van der Waals surface area (Å²) in [6.45, 7) is 1.31. The average Bonchev–Trinajstić information content (AvgIpc) is 3.60. The molecule has 0 unspecified atom stereocenters. The molecule has 0 N–H and O–H groups in total. The van der Waals surface area contributed by atoms with E-state index >= 15 is 0 Å². The normalized spacial score (nSPS) is 15.8. The monoisotopic (exact) mass is 561 g/mol. The number of fused-ring (bicyclic) bond motifs is 2. The minimum Gasteiger partial charge on any atom is -0.480 e. The Hall–Kier alpha value is -4.32. The van der Waals surface area contributed by atoms with Gasteiger partial charge in [0.15, 0.2) is 11.3 Å². The molecule has 5 aromatic rings. The average molecular weight is 562 g/mol. The first kappa shape index (κ1) is 25.6. The van der Waals surface area contributed by atoms with E-state index in [1.165, 1.54) is 6.33 Å². The van der Waals surface area contributed by atoms with E-state index in [0.717, 1.165) is 24.1 Å². The van der Waals surface area contributed by atoms with Crippen molar-refractivity contribution in [3.05, 3.63) is 71.2 Å². The summed E-state index contributed by atoms with van der Waals surface area (Å²) < 4.78 is 54.7. The first-order valence-corrected chi connectivity index (χ1v) is 13.4. The third-order valence-electron chi connectivity index (χ3n) is 7.64. The van der Waals surface area contributed by atoms with Crippen LogP contribution in [0, 0.1) is 0 Å². The van der Waals surface area contributed by atoms with E-state index in [9.17, 15) is 13.2 Å². The van der Waals surface area contributed by atoms with Gasteiger partial charge in [-0.1, -0.05) is 24.3 Å². The molecule has 1 fully saturated rings. The predicted octanol–water partition coefficient (Wildman–Crippen LogP) is 5.48. The quantitative estimate of drug-likeness (QED) is 0.269. The van der Waals surface area contributed by atoms with Gasteiger partial charge in [-0.15, -0.1) is 0 Å². The zero-order valence-electron chi connectivity index (χ0n) is 22.4. The number of nitrogens with zero attached hydrogens (tertiary/aromatic N) is 7. The maximum atomic E-state index is 13.8. The summed E-state index contributed by atoms with van der Waals surface area (Å²) in [5.41, 5.74) is 4.38. The number of hydrogen-bond acceptors (Lipinski definition) is 8. The zero-order chi connectivity index (χ0) is 28.3. The van der Waals surface area contributed by atoms with Gasteiger partial charge in [-0.3, -0.25) is 9.88 Å². The van der Waals surface area contributed by atoms with Crippen LogP contribution in [0.3, 0.4) is 0 Å². The van der Waals surface area contributed by atoms with Crippen LogP contribution < -0.4 is 4.74 Å². The molecule has 7 rings (SSSR count). The number of imidazole rings is 1. The molecule has 210 valence electrons. The van der Waals surface area contributed by atoms with E-state index in [4.69, 9.17) is 14.1 Å². The molecule has 9 nitrogen and oxygen atoms in total. The highest BCUT2D eigenvalue weighted by Gasteiger charge is 2.40. The summed E-state index contributed by atoms with van der Waals surface area (Å²) >= 11 is 0. The Balaban J connectivity index is 1.21. The molecule has 0 saturated heterocycles. The van der Waals surface area contributed by atoms with Crippen LogP contribution >= 0.6 is 0 Å². The van der Waals surface area contributed by atoms with E-state index in [0.29, 0.717) is 70.9 Å². The number of alkyl halides is 3. The second-order valence-electron chi connectivity index (χ2n) is 10.5. The van der Waals surface area contributed by atoms with Gasteiger partial charge in [-0.05, 0) is 31.5 Å². The first-order chi connectivity index (χ1) is 19.8. The van der Waals surface area contributed by atoms with Gasteiger partial charge in [-0.25, -0.2) is 19.9 Å². The van der Waals surface area contributed by atoms with Crippen molar-refractivity contribution in [1.82, 2.24) is 34.4 Å². The van der Waals surface area contributed by atoms with Crippen LogP contribution in [-0.2, 0) is 25.7 Å². The minimum absolute atomic E-state index is 0.201. The van der Waals surface area contributed by atoms with Gasteiger partial charge < -0.3 is 13.7 Å². The SMILES string of the molecule is COc1ncnc(C2CC2)c1-c1nc2ccnc(Cc3ccc(-c4nc(C(F)(F)F)c5n4CCN(C)C5)cc3)c2o1. The number of rotatable bonds is 6. The molecule has 0 amide bonds. The molecule has 0 atom stereocenters. The fraction of sp³-hybridized carbons (Fsp3) is 0.345. The molecule has 1 aromatic carbocycles. The first-order valence-electron chi connectivity index (χ1n) is 13.4. The molecule has 41 heavy (non-hydrogen) atoms. The highest BCUT2D eigenvalue weighted by Crippen LogP contribution is 2.46. The number of hydrogen-bond donors (Lipinski definition) is 0. The second-order valence-corrected chi connectivity index (χ2v) is 10.5. The van der Waals surface area contributed by atoms with Crippen LogP contribution in [0.2, 0.25) is 0 Å². The Kier molecular flexibility index (Phi) is 6.03. The summed E-state index contributed by atoms with van der Waals surface area (Å²) in [5.74, 6) is 1.47. The van der Waals surface area contributed by atoms with E-state index in [1.54, 1.807) is 23.9 Å². The van der Waals surface area contributed by atoms with Gasteiger partial charge in [0, 0.05) is 43.7 Å². The molecular formula is C29H26F3N7O2. The number of pyridine rings is 1. The van der Waals surface area contributed by atoms with Crippen molar-refractivity contribution in [2.75, 3.05) is 20.7 Å². The van der Waals surface area contributed by atoms with Crippen molar-refractivity contribution in [3.8, 4) is 28.7 Å². The Morgan fingerprint density at radius 1 is 1.02 bits per heavy atom. The lowest BCUT2D eigenvalue weighted by atomic mass is 10.1. The number of methoxy groups -OCH3 is 1. The van der Waals surface area contributed by atoms with Gasteiger partial charge >= 0.3 is 6.18 Å². The Morgan fingerprint density at radius 3 is 2.56 bits per heavy atom. The Labute approximate surface area is 233 Å². The van der Waals surface area contributed by atoms with Crippen molar-refractivity contribution >= 4 is 11.1 Å². The highest BCUT2D eigenvalue weighted by molar-refractivity contribution is 5.80. The lowest BCUT2D eigenvalue weighted by Crippen LogP contribution is -2.31. The van der Waals surface area contributed by atoms with Gasteiger partial charge in [0.2, 0.25) is 11.8 Å². The number of likely N-dealkylation sites (N-methyl/N-ethyl adjacent to an activating group) is 1. The molecule has 12 heteroatoms. The topological polar surface area (TPSA) is 95.0 Å². The molecular weight excluding hydrogens is 535 g/mol. The number of benzene rings is 1. The van der Waals surface area contributed by atoms with Crippen molar-refractivity contribution in [2.45, 2.75) is 44.4 Å². The highest BCUT2D eigenvalue weighted by atomic mass is 19.4. The van der Waals surface area contributed by atoms with Crippen LogP contribution in [0.15, 0.2) is 47.3 Å². The molecule has 1 aliphatic heterocycles. The molecule has 1 saturated carbocycles. The van der Waals surface area contributed by atoms with Crippen LogP contribution in [-0.4, -0.2) is 55.1 Å². The third kappa shape index (κ3) is 4.61. The number of ether oxygens (including phenoxy) is 1. The molecule has 2 aliphatic rings. The molecule has 4 aromatic heterocycles. The second kappa shape index (κ2) is 9.65. The molecule has 1 aliphatic carbocycles. The summed E-state index contributed by atoms with van der Waals surface area (Å²) in [6.07, 6.45) is 1.21. The summed E-state index contributed by atoms with van der Waals surface area (Å²) in [4.78, 5) is 23.9. The van der Waals surface area contributed by atoms with E-state index < -0.39 is 11.9 Å². The summed E-state index contributed by atoms with van der Waals surface area (Å²) in [6, 6.07) is 9.18. The fourth-order valence-corrected chi connectivity index (χ4v) is 5.45. The Morgan fingerprint density at radius 2 is 1.83 bits per heavy atom. The summed E-state index contributed by atoms with van der Waals surface area (Å²) in [7, 11) is 3.37. The van der Waals surface area contributed by atoms with Crippen molar-refractivity contribution in [2.24, 2.45) is 0 Å². The largest absolute Gasteiger partial charge is 0.480 e. The standard InChI is InChI=1S/C29H26F3N7O2/c1-38-11-12-39-21(14-38)25(29(30,31)32)37-26(39)18-5-3-16(4-6-18)13-20-24-19(9-10-33-20)36-28(41-24)22-23(17-7-8-17)34-15-35-27(22)40-2/h3-6,9-10,15,17H,7-8,11-14H2,1-2H3. The smallest absolute Gasteiger partial charge is 0.435 e. The van der Waals surface area contributed by atoms with Crippen molar-refractivity contribution in [3.63, 3.8) is 0 Å². The van der Waals surface area contributed by atoms with E-state index in [-0.39, 0.29) is 12.2 Å². The lowest BCUT2D eigenvalue weighted by molar-refractivity contribution is -0.142. The van der Waals surface area contributed by atoms with Crippen molar-refractivity contribution < 1.29 is 22.3 Å². The van der Waals surface area contributed by atoms with E-state index in [1.807, 2.05) is 36.2 Å². The van der Waals surface area contributed by atoms with Gasteiger partial charge in [0.05, 0.1) is 24.2 Å². The maximum Gasteiger partial charge on any atom is 0.435 e. The third-order valence-corrected chi connectivity index (χ3v) is 7.64. The number of halogens is 3. The van der Waals surface area contributed by atoms with Crippen LogP contribution in [0.1, 0.15) is 47.1 Å². The van der Waals surface area contributed by atoms with Crippen LogP contribution in [0.25, 0.3) is 33.9 Å². The summed E-state index contributed by atoms with van der Waals surface area (Å²) in [5, 5.41) is 0. The fourth-order valence-electron chi connectivity index (χ4n) is 5.45.